The Morgan fingerprint density at radius 3 is 2.91 bits per heavy atom. The first-order valence-corrected chi connectivity index (χ1v) is 7.69. The summed E-state index contributed by atoms with van der Waals surface area (Å²) < 4.78 is 0. The van der Waals surface area contributed by atoms with Crippen LogP contribution in [0.25, 0.3) is 0 Å². The molecule has 0 spiro atoms. The van der Waals surface area contributed by atoms with Gasteiger partial charge >= 0.3 is 0 Å². The quantitative estimate of drug-likeness (QED) is 0.766. The Labute approximate surface area is 140 Å². The molecule has 23 heavy (non-hydrogen) atoms. The Kier molecular flexibility index (Phi) is 6.11. The zero-order valence-corrected chi connectivity index (χ0v) is 13.7. The molecule has 1 aromatic carbocycles. The molecule has 0 aliphatic carbocycles. The van der Waals surface area contributed by atoms with Crippen molar-refractivity contribution in [2.24, 2.45) is 0 Å². The van der Waals surface area contributed by atoms with Crippen LogP contribution in [0.3, 0.4) is 0 Å². The summed E-state index contributed by atoms with van der Waals surface area (Å²) in [5.41, 5.74) is 2.19. The van der Waals surface area contributed by atoms with Crippen molar-refractivity contribution in [2.45, 2.75) is 13.3 Å². The van der Waals surface area contributed by atoms with E-state index >= 15 is 0 Å². The maximum absolute atomic E-state index is 11.9. The molecule has 0 fully saturated rings. The first kappa shape index (κ1) is 17.0. The summed E-state index contributed by atoms with van der Waals surface area (Å²) in [4.78, 5) is 20.5. The van der Waals surface area contributed by atoms with Gasteiger partial charge < -0.3 is 10.6 Å². The van der Waals surface area contributed by atoms with Gasteiger partial charge in [-0.3, -0.25) is 4.79 Å². The summed E-state index contributed by atoms with van der Waals surface area (Å²) in [6.07, 6.45) is 2.41. The molecule has 0 saturated carbocycles. The van der Waals surface area contributed by atoms with Crippen LogP contribution in [-0.4, -0.2) is 29.0 Å². The van der Waals surface area contributed by atoms with E-state index in [1.54, 1.807) is 12.1 Å². The van der Waals surface area contributed by atoms with Gasteiger partial charge in [0, 0.05) is 23.8 Å². The number of benzene rings is 1. The Morgan fingerprint density at radius 2 is 2.17 bits per heavy atom. The Morgan fingerprint density at radius 1 is 1.35 bits per heavy atom. The summed E-state index contributed by atoms with van der Waals surface area (Å²) in [7, 11) is 0. The molecule has 5 nitrogen and oxygen atoms in total. The molecule has 2 rings (SSSR count). The van der Waals surface area contributed by atoms with E-state index in [-0.39, 0.29) is 5.91 Å². The van der Waals surface area contributed by atoms with Crippen molar-refractivity contribution in [3.05, 3.63) is 65.0 Å². The first-order chi connectivity index (χ1) is 11.1. The van der Waals surface area contributed by atoms with Crippen LogP contribution >= 0.6 is 11.6 Å². The molecule has 6 heteroatoms. The highest BCUT2D eigenvalue weighted by Crippen LogP contribution is 2.11. The number of rotatable bonds is 7. The molecule has 120 valence electrons. The molecular weight excluding hydrogens is 312 g/mol. The maximum atomic E-state index is 11.9. The second-order valence-electron chi connectivity index (χ2n) is 5.02. The van der Waals surface area contributed by atoms with Gasteiger partial charge in [-0.1, -0.05) is 29.8 Å². The van der Waals surface area contributed by atoms with Crippen LogP contribution < -0.4 is 10.6 Å². The molecule has 0 atom stereocenters. The molecule has 0 aliphatic heterocycles. The molecule has 0 aliphatic rings. The van der Waals surface area contributed by atoms with E-state index in [2.05, 4.69) is 27.2 Å². The van der Waals surface area contributed by atoms with Gasteiger partial charge in [-0.05, 0) is 37.1 Å². The summed E-state index contributed by atoms with van der Waals surface area (Å²) in [6.45, 7) is 6.45. The lowest BCUT2D eigenvalue weighted by molar-refractivity contribution is 0.0953. The van der Waals surface area contributed by atoms with E-state index in [4.69, 9.17) is 11.6 Å². The van der Waals surface area contributed by atoms with Crippen LogP contribution in [0.2, 0.25) is 5.02 Å². The van der Waals surface area contributed by atoms with Crippen molar-refractivity contribution >= 4 is 23.5 Å². The van der Waals surface area contributed by atoms with Gasteiger partial charge in [-0.25, -0.2) is 9.97 Å². The van der Waals surface area contributed by atoms with Crippen molar-refractivity contribution in [1.29, 1.82) is 0 Å². The Bertz CT molecular complexity index is 703. The third-order valence-electron chi connectivity index (χ3n) is 3.08. The number of amides is 1. The fourth-order valence-corrected chi connectivity index (χ4v) is 2.24. The Balaban J connectivity index is 1.98. The van der Waals surface area contributed by atoms with E-state index < -0.39 is 0 Å². The number of aromatic nitrogens is 2. The molecule has 2 N–H and O–H groups in total. The number of halogens is 1. The van der Waals surface area contributed by atoms with Gasteiger partial charge in [0.25, 0.3) is 5.91 Å². The van der Waals surface area contributed by atoms with Crippen LogP contribution in [0, 0.1) is 6.92 Å². The standard InChI is InChI=1S/C17H19ClN4O/c1-3-8-19-16(23)15-10-12(2)21-17(22-15)20-9-7-13-5-4-6-14(18)11-13/h3-6,10-11H,1,7-9H2,2H3,(H,19,23)(H,20,21,22). The zero-order chi connectivity index (χ0) is 16.7. The largest absolute Gasteiger partial charge is 0.354 e. The normalized spacial score (nSPS) is 10.2. The molecule has 0 bridgehead atoms. The molecule has 1 amide bonds. The number of nitrogens with zero attached hydrogens (tertiary/aromatic N) is 2. The summed E-state index contributed by atoms with van der Waals surface area (Å²) >= 11 is 5.96. The van der Waals surface area contributed by atoms with Gasteiger partial charge in [0.1, 0.15) is 5.69 Å². The van der Waals surface area contributed by atoms with Crippen molar-refractivity contribution in [2.75, 3.05) is 18.4 Å². The predicted molar refractivity (Wildman–Crippen MR) is 92.9 cm³/mol. The maximum Gasteiger partial charge on any atom is 0.270 e. The van der Waals surface area contributed by atoms with Crippen LogP contribution in [0.5, 0.6) is 0 Å². The van der Waals surface area contributed by atoms with E-state index in [1.807, 2.05) is 31.2 Å². The predicted octanol–water partition coefficient (Wildman–Crippen LogP) is 3.01. The highest BCUT2D eigenvalue weighted by molar-refractivity contribution is 6.30. The summed E-state index contributed by atoms with van der Waals surface area (Å²) in [5, 5.41) is 6.56. The average molecular weight is 331 g/mol. The summed E-state index contributed by atoms with van der Waals surface area (Å²) in [6, 6.07) is 9.35. The number of nitrogens with one attached hydrogen (secondary N) is 2. The molecule has 0 radical (unpaired) electrons. The molecule has 0 unspecified atom stereocenters. The van der Waals surface area contributed by atoms with Crippen molar-refractivity contribution in [1.82, 2.24) is 15.3 Å². The minimum atomic E-state index is -0.242. The topological polar surface area (TPSA) is 66.9 Å². The lowest BCUT2D eigenvalue weighted by Crippen LogP contribution is -2.25. The number of aryl methyl sites for hydroxylation is 1. The van der Waals surface area contributed by atoms with Gasteiger partial charge in [0.15, 0.2) is 0 Å². The number of hydrogen-bond acceptors (Lipinski definition) is 4. The third-order valence-corrected chi connectivity index (χ3v) is 3.31. The monoisotopic (exact) mass is 330 g/mol. The van der Waals surface area contributed by atoms with Gasteiger partial charge in [0.2, 0.25) is 5.95 Å². The molecule has 1 heterocycles. The van der Waals surface area contributed by atoms with E-state index in [0.717, 1.165) is 22.7 Å². The lowest BCUT2D eigenvalue weighted by atomic mass is 10.1. The van der Waals surface area contributed by atoms with Gasteiger partial charge in [0.05, 0.1) is 0 Å². The average Bonchev–Trinajstić information content (AvgIpc) is 2.52. The summed E-state index contributed by atoms with van der Waals surface area (Å²) in [5.74, 6) is 0.198. The van der Waals surface area contributed by atoms with Crippen LogP contribution in [-0.2, 0) is 6.42 Å². The van der Waals surface area contributed by atoms with Crippen molar-refractivity contribution < 1.29 is 4.79 Å². The Hall–Kier alpha value is -2.40. The number of hydrogen-bond donors (Lipinski definition) is 2. The minimum Gasteiger partial charge on any atom is -0.354 e. The van der Waals surface area contributed by atoms with E-state index in [9.17, 15) is 4.79 Å². The van der Waals surface area contributed by atoms with E-state index in [1.165, 1.54) is 0 Å². The number of carbonyl (C=O) groups excluding carboxylic acids is 1. The SMILES string of the molecule is C=CCNC(=O)c1cc(C)nc(NCCc2cccc(Cl)c2)n1. The molecule has 2 aromatic rings. The van der Waals surface area contributed by atoms with Crippen LogP contribution in [0.15, 0.2) is 43.0 Å². The fourth-order valence-electron chi connectivity index (χ4n) is 2.03. The lowest BCUT2D eigenvalue weighted by Gasteiger charge is -2.08. The third kappa shape index (κ3) is 5.38. The molecular formula is C17H19ClN4O. The van der Waals surface area contributed by atoms with E-state index in [0.29, 0.717) is 24.7 Å². The number of carbonyl (C=O) groups is 1. The second kappa shape index (κ2) is 8.29. The van der Waals surface area contributed by atoms with Crippen molar-refractivity contribution in [3.8, 4) is 0 Å². The van der Waals surface area contributed by atoms with Crippen molar-refractivity contribution in [3.63, 3.8) is 0 Å². The molecule has 1 aromatic heterocycles. The zero-order valence-electron chi connectivity index (χ0n) is 13.0. The smallest absolute Gasteiger partial charge is 0.270 e. The first-order valence-electron chi connectivity index (χ1n) is 7.31. The highest BCUT2D eigenvalue weighted by atomic mass is 35.5. The highest BCUT2D eigenvalue weighted by Gasteiger charge is 2.09. The minimum absolute atomic E-state index is 0.242. The van der Waals surface area contributed by atoms with Gasteiger partial charge in [-0.15, -0.1) is 6.58 Å². The second-order valence-corrected chi connectivity index (χ2v) is 5.46. The molecule has 0 saturated heterocycles. The number of anilines is 1. The van der Waals surface area contributed by atoms with Crippen LogP contribution in [0.1, 0.15) is 21.7 Å². The van der Waals surface area contributed by atoms with Crippen LogP contribution in [0.4, 0.5) is 5.95 Å². The van der Waals surface area contributed by atoms with Gasteiger partial charge in [-0.2, -0.15) is 0 Å². The fraction of sp³-hybridized carbons (Fsp3) is 0.235.